The Kier molecular flexibility index (Phi) is 6.09. The van der Waals surface area contributed by atoms with E-state index in [1.165, 1.54) is 13.2 Å². The Morgan fingerprint density at radius 2 is 2.22 bits per heavy atom. The van der Waals surface area contributed by atoms with Crippen LogP contribution >= 0.6 is 11.6 Å². The van der Waals surface area contributed by atoms with Crippen molar-refractivity contribution in [3.8, 4) is 0 Å². The summed E-state index contributed by atoms with van der Waals surface area (Å²) in [5, 5.41) is 0.135. The highest BCUT2D eigenvalue weighted by Crippen LogP contribution is 2.18. The summed E-state index contributed by atoms with van der Waals surface area (Å²) in [6.07, 6.45) is 1.06. The molecule has 0 aliphatic carbocycles. The molecule has 1 rings (SSSR count). The quantitative estimate of drug-likeness (QED) is 0.747. The number of halogens is 2. The van der Waals surface area contributed by atoms with Crippen LogP contribution in [-0.4, -0.2) is 31.6 Å². The Hall–Kier alpha value is -1.13. The molecule has 0 aliphatic heterocycles. The van der Waals surface area contributed by atoms with Gasteiger partial charge in [-0.15, -0.1) is 0 Å². The summed E-state index contributed by atoms with van der Waals surface area (Å²) in [6.45, 7) is 1.16. The van der Waals surface area contributed by atoms with Crippen molar-refractivity contribution < 1.29 is 13.9 Å². The van der Waals surface area contributed by atoms with Crippen LogP contribution in [0.3, 0.4) is 0 Å². The predicted molar refractivity (Wildman–Crippen MR) is 69.0 cm³/mol. The SMILES string of the molecule is COC(=O)CCCN(C)Cc1cccc(Cl)c1F. The lowest BCUT2D eigenvalue weighted by Gasteiger charge is -2.16. The van der Waals surface area contributed by atoms with Crippen molar-refractivity contribution in [2.24, 2.45) is 0 Å². The number of hydrogen-bond donors (Lipinski definition) is 0. The maximum absolute atomic E-state index is 13.6. The molecule has 0 fully saturated rings. The number of benzene rings is 1. The maximum Gasteiger partial charge on any atom is 0.305 e. The summed E-state index contributed by atoms with van der Waals surface area (Å²) in [5.74, 6) is -0.601. The van der Waals surface area contributed by atoms with Gasteiger partial charge in [-0.1, -0.05) is 23.7 Å². The van der Waals surface area contributed by atoms with Gasteiger partial charge in [-0.3, -0.25) is 4.79 Å². The van der Waals surface area contributed by atoms with Crippen molar-refractivity contribution in [3.05, 3.63) is 34.6 Å². The smallest absolute Gasteiger partial charge is 0.305 e. The van der Waals surface area contributed by atoms with Crippen LogP contribution in [0.25, 0.3) is 0 Å². The minimum Gasteiger partial charge on any atom is -0.469 e. The Balaban J connectivity index is 2.42. The lowest BCUT2D eigenvalue weighted by molar-refractivity contribution is -0.140. The molecule has 18 heavy (non-hydrogen) atoms. The average molecular weight is 274 g/mol. The van der Waals surface area contributed by atoms with Crippen molar-refractivity contribution in [2.75, 3.05) is 20.7 Å². The number of rotatable bonds is 6. The van der Waals surface area contributed by atoms with E-state index in [9.17, 15) is 9.18 Å². The summed E-state index contributed by atoms with van der Waals surface area (Å²) in [5.41, 5.74) is 0.558. The van der Waals surface area contributed by atoms with E-state index < -0.39 is 0 Å². The third kappa shape index (κ3) is 4.63. The molecule has 0 radical (unpaired) electrons. The minimum atomic E-state index is -0.376. The molecule has 1 aromatic carbocycles. The first-order valence-corrected chi connectivity index (χ1v) is 6.10. The Bertz CT molecular complexity index is 412. The van der Waals surface area contributed by atoms with Crippen molar-refractivity contribution in [1.29, 1.82) is 0 Å². The fraction of sp³-hybridized carbons (Fsp3) is 0.462. The summed E-state index contributed by atoms with van der Waals surface area (Å²) >= 11 is 5.71. The van der Waals surface area contributed by atoms with E-state index in [0.29, 0.717) is 31.5 Å². The maximum atomic E-state index is 13.6. The van der Waals surface area contributed by atoms with Gasteiger partial charge in [0.1, 0.15) is 5.82 Å². The number of nitrogens with zero attached hydrogens (tertiary/aromatic N) is 1. The average Bonchev–Trinajstić information content (AvgIpc) is 2.34. The van der Waals surface area contributed by atoms with Crippen LogP contribution in [-0.2, 0) is 16.1 Å². The molecule has 0 atom stereocenters. The number of hydrogen-bond acceptors (Lipinski definition) is 3. The number of methoxy groups -OCH3 is 1. The lowest BCUT2D eigenvalue weighted by Crippen LogP contribution is -2.20. The third-order valence-corrected chi connectivity index (χ3v) is 2.91. The van der Waals surface area contributed by atoms with Gasteiger partial charge in [-0.05, 0) is 26.1 Å². The molecule has 3 nitrogen and oxygen atoms in total. The number of ether oxygens (including phenoxy) is 1. The van der Waals surface area contributed by atoms with E-state index in [-0.39, 0.29) is 16.8 Å². The van der Waals surface area contributed by atoms with Crippen LogP contribution in [0.5, 0.6) is 0 Å². The van der Waals surface area contributed by atoms with Gasteiger partial charge in [-0.2, -0.15) is 0 Å². The molecule has 0 unspecified atom stereocenters. The largest absolute Gasteiger partial charge is 0.469 e. The molecule has 1 aromatic rings. The highest BCUT2D eigenvalue weighted by Gasteiger charge is 2.09. The van der Waals surface area contributed by atoms with E-state index in [1.807, 2.05) is 11.9 Å². The zero-order chi connectivity index (χ0) is 13.5. The molecule has 0 saturated carbocycles. The minimum absolute atomic E-state index is 0.135. The molecule has 0 saturated heterocycles. The fourth-order valence-electron chi connectivity index (χ4n) is 1.64. The monoisotopic (exact) mass is 273 g/mol. The summed E-state index contributed by atoms with van der Waals surface area (Å²) in [6, 6.07) is 4.96. The van der Waals surface area contributed by atoms with Crippen LogP contribution < -0.4 is 0 Å². The number of esters is 1. The lowest BCUT2D eigenvalue weighted by atomic mass is 10.2. The van der Waals surface area contributed by atoms with Gasteiger partial charge in [0.05, 0.1) is 12.1 Å². The molecule has 0 bridgehead atoms. The second kappa shape index (κ2) is 7.34. The molecular weight excluding hydrogens is 257 g/mol. The molecule has 0 aromatic heterocycles. The third-order valence-electron chi connectivity index (χ3n) is 2.62. The molecule has 0 spiro atoms. The molecule has 0 amide bonds. The molecular formula is C13H17ClFNO2. The first-order chi connectivity index (χ1) is 8.54. The highest BCUT2D eigenvalue weighted by atomic mass is 35.5. The van der Waals surface area contributed by atoms with E-state index in [4.69, 9.17) is 11.6 Å². The van der Waals surface area contributed by atoms with E-state index in [0.717, 1.165) is 0 Å². The zero-order valence-corrected chi connectivity index (χ0v) is 11.3. The zero-order valence-electron chi connectivity index (χ0n) is 10.6. The Labute approximate surface area is 111 Å². The van der Waals surface area contributed by atoms with E-state index in [1.54, 1.807) is 12.1 Å². The van der Waals surface area contributed by atoms with Crippen LogP contribution in [0.1, 0.15) is 18.4 Å². The van der Waals surface area contributed by atoms with Gasteiger partial charge in [0.15, 0.2) is 0 Å². The molecule has 100 valence electrons. The van der Waals surface area contributed by atoms with Crippen LogP contribution in [0.2, 0.25) is 5.02 Å². The molecule has 0 N–H and O–H groups in total. The normalized spacial score (nSPS) is 10.7. The van der Waals surface area contributed by atoms with Gasteiger partial charge in [0.25, 0.3) is 0 Å². The van der Waals surface area contributed by atoms with Gasteiger partial charge in [-0.25, -0.2) is 4.39 Å². The van der Waals surface area contributed by atoms with Crippen LogP contribution in [0, 0.1) is 5.82 Å². The highest BCUT2D eigenvalue weighted by molar-refractivity contribution is 6.30. The van der Waals surface area contributed by atoms with Crippen molar-refractivity contribution >= 4 is 17.6 Å². The summed E-state index contributed by atoms with van der Waals surface area (Å²) < 4.78 is 18.2. The van der Waals surface area contributed by atoms with Crippen LogP contribution in [0.15, 0.2) is 18.2 Å². The molecule has 0 heterocycles. The van der Waals surface area contributed by atoms with Gasteiger partial charge in [0, 0.05) is 18.5 Å². The van der Waals surface area contributed by atoms with E-state index in [2.05, 4.69) is 4.74 Å². The van der Waals surface area contributed by atoms with Crippen LogP contribution in [0.4, 0.5) is 4.39 Å². The summed E-state index contributed by atoms with van der Waals surface area (Å²) in [4.78, 5) is 12.9. The van der Waals surface area contributed by atoms with Gasteiger partial charge < -0.3 is 9.64 Å². The predicted octanol–water partition coefficient (Wildman–Crippen LogP) is 2.86. The summed E-state index contributed by atoms with van der Waals surface area (Å²) in [7, 11) is 3.24. The van der Waals surface area contributed by atoms with Gasteiger partial charge >= 0.3 is 5.97 Å². The topological polar surface area (TPSA) is 29.5 Å². The fourth-order valence-corrected chi connectivity index (χ4v) is 1.83. The van der Waals surface area contributed by atoms with Gasteiger partial charge in [0.2, 0.25) is 0 Å². The first kappa shape index (κ1) is 14.9. The van der Waals surface area contributed by atoms with Crippen molar-refractivity contribution in [3.63, 3.8) is 0 Å². The second-order valence-corrected chi connectivity index (χ2v) is 4.54. The molecule has 0 aliphatic rings. The second-order valence-electron chi connectivity index (χ2n) is 4.13. The Morgan fingerprint density at radius 1 is 1.50 bits per heavy atom. The molecule has 5 heteroatoms. The number of carbonyl (C=O) groups excluding carboxylic acids is 1. The first-order valence-electron chi connectivity index (χ1n) is 5.73. The van der Waals surface area contributed by atoms with E-state index >= 15 is 0 Å². The van der Waals surface area contributed by atoms with Crippen molar-refractivity contribution in [2.45, 2.75) is 19.4 Å². The standard InChI is InChI=1S/C13H17ClFNO2/c1-16(8-4-7-12(17)18-2)9-10-5-3-6-11(14)13(10)15/h3,5-6H,4,7-9H2,1-2H3. The number of carbonyl (C=O) groups is 1. The van der Waals surface area contributed by atoms with Crippen molar-refractivity contribution in [1.82, 2.24) is 4.90 Å². The Morgan fingerprint density at radius 3 is 2.89 bits per heavy atom.